The van der Waals surface area contributed by atoms with Gasteiger partial charge in [-0.05, 0) is 44.6 Å². The lowest BCUT2D eigenvalue weighted by molar-refractivity contribution is -0.0598. The fourth-order valence-corrected chi connectivity index (χ4v) is 4.80. The SMILES string of the molecule is COC1CN(C2CCC(Cn3c(C)c(C(=O)O)c4ccccc43)CC2)C1. The molecule has 2 heterocycles. The third kappa shape index (κ3) is 3.03. The van der Waals surface area contributed by atoms with Crippen molar-refractivity contribution in [3.63, 3.8) is 0 Å². The smallest absolute Gasteiger partial charge is 0.338 e. The Morgan fingerprint density at radius 1 is 1.19 bits per heavy atom. The van der Waals surface area contributed by atoms with Crippen molar-refractivity contribution in [3.05, 3.63) is 35.5 Å². The summed E-state index contributed by atoms with van der Waals surface area (Å²) in [7, 11) is 1.80. The zero-order valence-electron chi connectivity index (χ0n) is 15.6. The number of carboxylic acids is 1. The van der Waals surface area contributed by atoms with Gasteiger partial charge in [-0.3, -0.25) is 4.90 Å². The van der Waals surface area contributed by atoms with Gasteiger partial charge in [0.15, 0.2) is 0 Å². The maximum absolute atomic E-state index is 11.7. The first-order valence-electron chi connectivity index (χ1n) is 9.66. The number of methoxy groups -OCH3 is 1. The molecule has 0 atom stereocenters. The van der Waals surface area contributed by atoms with Crippen LogP contribution in [0.15, 0.2) is 24.3 Å². The van der Waals surface area contributed by atoms with Crippen LogP contribution in [-0.2, 0) is 11.3 Å². The van der Waals surface area contributed by atoms with Crippen LogP contribution in [0.2, 0.25) is 0 Å². The summed E-state index contributed by atoms with van der Waals surface area (Å²) in [6, 6.07) is 8.59. The van der Waals surface area contributed by atoms with Gasteiger partial charge in [-0.25, -0.2) is 4.79 Å². The molecule has 0 amide bonds. The van der Waals surface area contributed by atoms with Crippen LogP contribution in [0.5, 0.6) is 0 Å². The number of carboxylic acid groups (broad SMARTS) is 1. The van der Waals surface area contributed by atoms with Crippen LogP contribution in [0.4, 0.5) is 0 Å². The van der Waals surface area contributed by atoms with Gasteiger partial charge in [0.05, 0.1) is 11.7 Å². The minimum absolute atomic E-state index is 0.427. The highest BCUT2D eigenvalue weighted by molar-refractivity contribution is 6.05. The lowest BCUT2D eigenvalue weighted by atomic mass is 9.84. The number of carbonyl (C=O) groups is 1. The lowest BCUT2D eigenvalue weighted by Gasteiger charge is -2.46. The van der Waals surface area contributed by atoms with Gasteiger partial charge in [0.1, 0.15) is 0 Å². The maximum atomic E-state index is 11.7. The van der Waals surface area contributed by atoms with Crippen molar-refractivity contribution in [1.29, 1.82) is 0 Å². The van der Waals surface area contributed by atoms with Gasteiger partial charge in [-0.1, -0.05) is 18.2 Å². The Balaban J connectivity index is 1.46. The van der Waals surface area contributed by atoms with Crippen LogP contribution in [-0.4, -0.2) is 52.9 Å². The van der Waals surface area contributed by atoms with Crippen molar-refractivity contribution < 1.29 is 14.6 Å². The van der Waals surface area contributed by atoms with E-state index in [1.807, 2.05) is 31.2 Å². The van der Waals surface area contributed by atoms with E-state index >= 15 is 0 Å². The van der Waals surface area contributed by atoms with E-state index in [4.69, 9.17) is 4.74 Å². The molecule has 140 valence electrons. The third-order valence-corrected chi connectivity index (χ3v) is 6.43. The minimum atomic E-state index is -0.827. The molecule has 1 aliphatic carbocycles. The Labute approximate surface area is 154 Å². The Kier molecular flexibility index (Phi) is 4.76. The number of para-hydroxylation sites is 1. The summed E-state index contributed by atoms with van der Waals surface area (Å²) >= 11 is 0. The topological polar surface area (TPSA) is 54.7 Å². The number of benzene rings is 1. The summed E-state index contributed by atoms with van der Waals surface area (Å²) in [5.41, 5.74) is 2.39. The molecule has 5 heteroatoms. The first-order valence-corrected chi connectivity index (χ1v) is 9.66. The standard InChI is InChI=1S/C21H28N2O3/c1-14-20(21(24)25)18-5-3-4-6-19(18)23(14)11-15-7-9-16(10-8-15)22-12-17(13-22)26-2/h3-6,15-17H,7-13H2,1-2H3,(H,24,25). The number of fused-ring (bicyclic) bond motifs is 1. The molecular formula is C21H28N2O3. The highest BCUT2D eigenvalue weighted by Gasteiger charge is 2.34. The van der Waals surface area contributed by atoms with E-state index in [1.54, 1.807) is 7.11 Å². The highest BCUT2D eigenvalue weighted by Crippen LogP contribution is 2.34. The van der Waals surface area contributed by atoms with Crippen molar-refractivity contribution >= 4 is 16.9 Å². The van der Waals surface area contributed by atoms with Crippen LogP contribution in [0.25, 0.3) is 10.9 Å². The fraction of sp³-hybridized carbons (Fsp3) is 0.571. The van der Waals surface area contributed by atoms with Crippen molar-refractivity contribution in [2.45, 2.75) is 51.3 Å². The van der Waals surface area contributed by atoms with Crippen molar-refractivity contribution in [2.24, 2.45) is 5.92 Å². The van der Waals surface area contributed by atoms with E-state index in [0.29, 0.717) is 23.6 Å². The van der Waals surface area contributed by atoms with Gasteiger partial charge in [0.2, 0.25) is 0 Å². The van der Waals surface area contributed by atoms with E-state index in [-0.39, 0.29) is 0 Å². The minimum Gasteiger partial charge on any atom is -0.478 e. The second-order valence-corrected chi connectivity index (χ2v) is 7.88. The molecule has 5 nitrogen and oxygen atoms in total. The molecule has 1 aromatic heterocycles. The van der Waals surface area contributed by atoms with Gasteiger partial charge in [-0.2, -0.15) is 0 Å². The number of nitrogens with zero attached hydrogens (tertiary/aromatic N) is 2. The van der Waals surface area contributed by atoms with Gasteiger partial charge in [0, 0.05) is 49.4 Å². The highest BCUT2D eigenvalue weighted by atomic mass is 16.5. The molecule has 0 bridgehead atoms. The first-order chi connectivity index (χ1) is 12.6. The zero-order chi connectivity index (χ0) is 18.3. The van der Waals surface area contributed by atoms with Crippen LogP contribution >= 0.6 is 0 Å². The van der Waals surface area contributed by atoms with Crippen molar-refractivity contribution in [2.75, 3.05) is 20.2 Å². The van der Waals surface area contributed by atoms with E-state index in [2.05, 4.69) is 9.47 Å². The largest absolute Gasteiger partial charge is 0.478 e. The van der Waals surface area contributed by atoms with E-state index < -0.39 is 5.97 Å². The summed E-state index contributed by atoms with van der Waals surface area (Å²) in [4.78, 5) is 14.3. The third-order valence-electron chi connectivity index (χ3n) is 6.43. The molecule has 2 fully saturated rings. The molecule has 2 aliphatic rings. The Hall–Kier alpha value is -1.85. The van der Waals surface area contributed by atoms with Gasteiger partial charge >= 0.3 is 5.97 Å². The average Bonchev–Trinajstić information content (AvgIpc) is 2.88. The number of aromatic nitrogens is 1. The lowest BCUT2D eigenvalue weighted by Crippen LogP contribution is -2.56. The van der Waals surface area contributed by atoms with Crippen LogP contribution in [0.1, 0.15) is 41.7 Å². The molecule has 1 saturated heterocycles. The molecule has 0 spiro atoms. The molecule has 0 radical (unpaired) electrons. The second-order valence-electron chi connectivity index (χ2n) is 7.88. The fourth-order valence-electron chi connectivity index (χ4n) is 4.80. The van der Waals surface area contributed by atoms with Crippen molar-refractivity contribution in [3.8, 4) is 0 Å². The van der Waals surface area contributed by atoms with E-state index in [1.165, 1.54) is 25.7 Å². The number of likely N-dealkylation sites (tertiary alicyclic amines) is 1. The molecule has 26 heavy (non-hydrogen) atoms. The van der Waals surface area contributed by atoms with Crippen LogP contribution in [0, 0.1) is 12.8 Å². The summed E-state index contributed by atoms with van der Waals surface area (Å²) in [6.07, 6.45) is 5.34. The monoisotopic (exact) mass is 356 g/mol. The van der Waals surface area contributed by atoms with Crippen LogP contribution < -0.4 is 0 Å². The number of aromatic carboxylic acids is 1. The summed E-state index contributed by atoms with van der Waals surface area (Å²) < 4.78 is 7.62. The predicted octanol–water partition coefficient (Wildman–Crippen LogP) is 3.54. The second kappa shape index (κ2) is 7.05. The van der Waals surface area contributed by atoms with Gasteiger partial charge < -0.3 is 14.4 Å². The maximum Gasteiger partial charge on any atom is 0.338 e. The number of ether oxygens (including phenoxy) is 1. The van der Waals surface area contributed by atoms with Crippen molar-refractivity contribution in [1.82, 2.24) is 9.47 Å². The number of rotatable bonds is 5. The van der Waals surface area contributed by atoms with Gasteiger partial charge in [0.25, 0.3) is 0 Å². The van der Waals surface area contributed by atoms with Crippen LogP contribution in [0.3, 0.4) is 0 Å². The molecule has 1 saturated carbocycles. The quantitative estimate of drug-likeness (QED) is 0.890. The molecule has 4 rings (SSSR count). The average molecular weight is 356 g/mol. The Morgan fingerprint density at radius 2 is 1.88 bits per heavy atom. The first kappa shape index (κ1) is 17.6. The van der Waals surface area contributed by atoms with E-state index in [0.717, 1.165) is 36.2 Å². The predicted molar refractivity (Wildman–Crippen MR) is 102 cm³/mol. The summed E-state index contributed by atoms with van der Waals surface area (Å²) in [6.45, 7) is 5.03. The van der Waals surface area contributed by atoms with Gasteiger partial charge in [-0.15, -0.1) is 0 Å². The molecule has 0 unspecified atom stereocenters. The molecule has 1 aliphatic heterocycles. The molecule has 1 N–H and O–H groups in total. The summed E-state index contributed by atoms with van der Waals surface area (Å²) in [5.74, 6) is -0.200. The summed E-state index contributed by atoms with van der Waals surface area (Å²) in [5, 5.41) is 10.5. The van der Waals surface area contributed by atoms with E-state index in [9.17, 15) is 9.90 Å². The zero-order valence-corrected chi connectivity index (χ0v) is 15.6. The molecule has 2 aromatic rings. The molecule has 1 aromatic carbocycles. The Bertz CT molecular complexity index is 799. The Morgan fingerprint density at radius 3 is 2.54 bits per heavy atom. The number of hydrogen-bond acceptors (Lipinski definition) is 3. The molecular weight excluding hydrogens is 328 g/mol. The number of hydrogen-bond donors (Lipinski definition) is 1. The normalized spacial score (nSPS) is 24.7.